The maximum Gasteiger partial charge on any atom is 0.214 e. The van der Waals surface area contributed by atoms with Gasteiger partial charge in [-0.1, -0.05) is 108 Å². The first kappa shape index (κ1) is 65.2. The van der Waals surface area contributed by atoms with E-state index in [4.69, 9.17) is 37.9 Å². The molecule has 0 atom stereocenters. The summed E-state index contributed by atoms with van der Waals surface area (Å²) in [5.41, 5.74) is 15.3. The Labute approximate surface area is 469 Å². The second-order valence-electron chi connectivity index (χ2n) is 21.1. The van der Waals surface area contributed by atoms with E-state index >= 15 is 0 Å². The zero-order valence-corrected chi connectivity index (χ0v) is 50.6. The van der Waals surface area contributed by atoms with Gasteiger partial charge in [0, 0.05) is 92.9 Å². The number of aryl methyl sites for hydroxylation is 4. The Morgan fingerprint density at radius 3 is 0.885 bits per heavy atom. The van der Waals surface area contributed by atoms with Gasteiger partial charge in [0.2, 0.25) is 20.0 Å². The molecule has 16 heteroatoms. The lowest BCUT2D eigenvalue weighted by Crippen LogP contribution is -2.38. The molecule has 0 unspecified atom stereocenters. The maximum atomic E-state index is 13.3. The van der Waals surface area contributed by atoms with Crippen LogP contribution in [-0.4, -0.2) is 172 Å². The van der Waals surface area contributed by atoms with E-state index in [1.54, 1.807) is 42.7 Å². The fourth-order valence-electron chi connectivity index (χ4n) is 11.4. The number of hydrogen-bond donors (Lipinski definition) is 0. The highest BCUT2D eigenvalue weighted by molar-refractivity contribution is 7.89. The number of methoxy groups -OCH3 is 6. The number of sulfonamides is 2. The van der Waals surface area contributed by atoms with E-state index in [0.717, 1.165) is 51.7 Å². The van der Waals surface area contributed by atoms with E-state index in [0.29, 0.717) is 105 Å². The molecule has 2 aliphatic carbocycles. The maximum absolute atomic E-state index is 13.3. The van der Waals surface area contributed by atoms with Crippen molar-refractivity contribution < 1.29 is 54.7 Å². The largest absolute Gasteiger partial charge is 0.383 e. The summed E-state index contributed by atoms with van der Waals surface area (Å²) < 4.78 is 98.7. The van der Waals surface area contributed by atoms with Crippen molar-refractivity contribution in [2.45, 2.75) is 103 Å². The normalized spacial score (nSPS) is 14.1. The number of benzene rings is 4. The van der Waals surface area contributed by atoms with Gasteiger partial charge in [0.05, 0.1) is 64.4 Å². The zero-order chi connectivity index (χ0) is 56.6. The van der Waals surface area contributed by atoms with Gasteiger partial charge < -0.3 is 37.9 Å². The first-order valence-corrected chi connectivity index (χ1v) is 31.3. The lowest BCUT2D eigenvalue weighted by molar-refractivity contribution is 0.0629. The molecule has 0 saturated carbocycles. The number of hydrogen-bond acceptors (Lipinski definition) is 12. The van der Waals surface area contributed by atoms with E-state index in [2.05, 4.69) is 100 Å². The smallest absolute Gasteiger partial charge is 0.214 e. The second-order valence-corrected chi connectivity index (χ2v) is 25.3. The lowest BCUT2D eigenvalue weighted by Gasteiger charge is -2.33. The first-order chi connectivity index (χ1) is 37.6. The quantitative estimate of drug-likeness (QED) is 0.0393. The van der Waals surface area contributed by atoms with Gasteiger partial charge >= 0.3 is 0 Å². The molecule has 0 spiro atoms. The summed E-state index contributed by atoms with van der Waals surface area (Å²) in [6.45, 7) is 15.2. The fourth-order valence-corrected chi connectivity index (χ4v) is 14.5. The highest BCUT2D eigenvalue weighted by atomic mass is 32.2. The highest BCUT2D eigenvalue weighted by Gasteiger charge is 2.44. The van der Waals surface area contributed by atoms with Crippen molar-refractivity contribution in [2.24, 2.45) is 0 Å². The number of unbranched alkanes of at least 4 members (excludes halogenated alkanes) is 2. The van der Waals surface area contributed by atoms with Crippen LogP contribution in [0, 0.1) is 27.7 Å². The molecular weight excluding hydrogens is 1030 g/mol. The molecule has 0 N–H and O–H groups in total. The second kappa shape index (κ2) is 32.7. The van der Waals surface area contributed by atoms with Crippen LogP contribution in [0.25, 0.3) is 22.3 Å². The van der Waals surface area contributed by atoms with Crippen LogP contribution in [0.15, 0.2) is 72.8 Å². The van der Waals surface area contributed by atoms with Gasteiger partial charge in [-0.05, 0) is 124 Å². The SMILES string of the molecule is COCCN(CCOC)S(=O)(=O)CCCCC1(CCCCS(=O)(=O)N(CCOC)CCOC)c2cc(C)ccc2-c2ccc(C)cc21.COCCOCCCC1(CCCOCCOC)c2cc(C)ccc2-c2ccc(C)cc21. The minimum atomic E-state index is -3.49. The first-order valence-electron chi connectivity index (χ1n) is 28.1. The number of nitrogens with zero attached hydrogens (tertiary/aromatic N) is 2. The third kappa shape index (κ3) is 17.7. The Hall–Kier alpha value is -3.62. The topological polar surface area (TPSA) is 149 Å². The molecular formula is C62H94N2O12S2. The molecule has 4 aromatic rings. The van der Waals surface area contributed by atoms with Crippen LogP contribution in [0.3, 0.4) is 0 Å². The van der Waals surface area contributed by atoms with Crippen LogP contribution < -0.4 is 0 Å². The minimum Gasteiger partial charge on any atom is -0.383 e. The number of rotatable bonds is 38. The predicted octanol–water partition coefficient (Wildman–Crippen LogP) is 10.2. The van der Waals surface area contributed by atoms with Crippen LogP contribution in [0.5, 0.6) is 0 Å². The molecule has 78 heavy (non-hydrogen) atoms. The summed E-state index contributed by atoms with van der Waals surface area (Å²) in [7, 11) is 2.70. The van der Waals surface area contributed by atoms with Gasteiger partial charge in [-0.2, -0.15) is 8.61 Å². The number of ether oxygens (including phenoxy) is 8. The van der Waals surface area contributed by atoms with E-state index in [9.17, 15) is 16.8 Å². The minimum absolute atomic E-state index is 0.0118. The fraction of sp³-hybridized carbons (Fsp3) is 0.613. The molecule has 0 heterocycles. The third-order valence-electron chi connectivity index (χ3n) is 15.5. The molecule has 0 bridgehead atoms. The molecule has 14 nitrogen and oxygen atoms in total. The summed E-state index contributed by atoms with van der Waals surface area (Å²) in [6.07, 6.45) is 8.19. The van der Waals surface area contributed by atoms with Crippen molar-refractivity contribution in [2.75, 3.05) is 146 Å². The van der Waals surface area contributed by atoms with Gasteiger partial charge in [-0.3, -0.25) is 0 Å². The van der Waals surface area contributed by atoms with Gasteiger partial charge in [0.25, 0.3) is 0 Å². The zero-order valence-electron chi connectivity index (χ0n) is 48.9. The molecule has 0 amide bonds. The van der Waals surface area contributed by atoms with Crippen LogP contribution in [0.2, 0.25) is 0 Å². The highest BCUT2D eigenvalue weighted by Crippen LogP contribution is 2.56. The molecule has 0 saturated heterocycles. The summed E-state index contributed by atoms with van der Waals surface area (Å²) in [5, 5.41) is 0. The summed E-state index contributed by atoms with van der Waals surface area (Å²) in [4.78, 5) is 0. The van der Waals surface area contributed by atoms with Gasteiger partial charge in [-0.25, -0.2) is 16.8 Å². The van der Waals surface area contributed by atoms with E-state index < -0.39 is 20.0 Å². The summed E-state index contributed by atoms with van der Waals surface area (Å²) in [6, 6.07) is 27.1. The van der Waals surface area contributed by atoms with Crippen LogP contribution in [0.4, 0.5) is 0 Å². The van der Waals surface area contributed by atoms with E-state index in [1.807, 2.05) is 0 Å². The molecule has 0 aromatic heterocycles. The van der Waals surface area contributed by atoms with Crippen LogP contribution in [-0.2, 0) is 68.8 Å². The van der Waals surface area contributed by atoms with Crippen LogP contribution >= 0.6 is 0 Å². The number of fused-ring (bicyclic) bond motifs is 6. The van der Waals surface area contributed by atoms with Crippen molar-refractivity contribution in [3.63, 3.8) is 0 Å². The Bertz CT molecular complexity index is 2460. The van der Waals surface area contributed by atoms with Crippen LogP contribution in [0.1, 0.15) is 109 Å². The predicted molar refractivity (Wildman–Crippen MR) is 314 cm³/mol. The molecule has 0 fully saturated rings. The van der Waals surface area contributed by atoms with Gasteiger partial charge in [0.15, 0.2) is 0 Å². The average Bonchev–Trinajstić information content (AvgIpc) is 4.07. The Morgan fingerprint density at radius 1 is 0.346 bits per heavy atom. The average molecular weight is 1120 g/mol. The summed E-state index contributed by atoms with van der Waals surface area (Å²) in [5.74, 6) is 0.101. The molecule has 0 aliphatic heterocycles. The standard InChI is InChI=1S/C35H56N2O8S2.C27H38O4/c1-29-11-13-31-32-14-12-30(2)28-34(32)35(33(31)27-29,15-7-9-25-46(38,39)36(17-21-42-3)18-22-43-4)16-8-10-26-47(40,41)37(19-23-44-5)20-24-45-6;1-21-7-9-23-24-10-8-22(2)20-26(24)27(25(23)19-21,11-5-13-30-17-15-28-3)12-6-14-31-18-16-29-4/h11-14,27-28H,7-10,15-26H2,1-6H3;7-10,19-20H,5-6,11-18H2,1-4H3. The molecule has 4 aromatic carbocycles. The Morgan fingerprint density at radius 2 is 0.615 bits per heavy atom. The van der Waals surface area contributed by atoms with Gasteiger partial charge in [-0.15, -0.1) is 0 Å². The Kier molecular flexibility index (Phi) is 27.4. The lowest BCUT2D eigenvalue weighted by atomic mass is 9.70. The molecule has 6 rings (SSSR count). The van der Waals surface area contributed by atoms with Crippen molar-refractivity contribution in [1.29, 1.82) is 0 Å². The van der Waals surface area contributed by atoms with Crippen molar-refractivity contribution >= 4 is 20.0 Å². The summed E-state index contributed by atoms with van der Waals surface area (Å²) >= 11 is 0. The monoisotopic (exact) mass is 1120 g/mol. The molecule has 436 valence electrons. The third-order valence-corrected chi connectivity index (χ3v) is 19.4. The molecule has 0 radical (unpaired) electrons. The molecule has 2 aliphatic rings. The van der Waals surface area contributed by atoms with Crippen molar-refractivity contribution in [3.8, 4) is 22.3 Å². The Balaban J connectivity index is 0.000000312. The van der Waals surface area contributed by atoms with E-state index in [-0.39, 0.29) is 22.3 Å². The van der Waals surface area contributed by atoms with Crippen molar-refractivity contribution in [3.05, 3.63) is 117 Å². The van der Waals surface area contributed by atoms with Crippen molar-refractivity contribution in [1.82, 2.24) is 8.61 Å². The van der Waals surface area contributed by atoms with Gasteiger partial charge in [0.1, 0.15) is 0 Å². The van der Waals surface area contributed by atoms with E-state index in [1.165, 1.54) is 75.4 Å².